The predicted octanol–water partition coefficient (Wildman–Crippen LogP) is 1.37. The highest BCUT2D eigenvalue weighted by Crippen LogP contribution is 2.37. The molecule has 27 heavy (non-hydrogen) atoms. The van der Waals surface area contributed by atoms with Crippen LogP contribution >= 0.6 is 0 Å². The number of ether oxygens (including phenoxy) is 1. The molecule has 1 aliphatic heterocycles. The molecule has 3 N–H and O–H groups in total. The van der Waals surface area contributed by atoms with E-state index in [-0.39, 0.29) is 5.56 Å². The first-order valence-electron chi connectivity index (χ1n) is 8.30. The van der Waals surface area contributed by atoms with E-state index in [1.54, 1.807) is 19.2 Å². The molecule has 1 unspecified atom stereocenters. The van der Waals surface area contributed by atoms with E-state index in [9.17, 15) is 24.1 Å². The largest absolute Gasteiger partial charge is 0.387 e. The smallest absolute Gasteiger partial charge is 0.164 e. The summed E-state index contributed by atoms with van der Waals surface area (Å²) >= 11 is 0. The third kappa shape index (κ3) is 2.98. The summed E-state index contributed by atoms with van der Waals surface area (Å²) in [6, 6.07) is 4.32. The standard InChI is InChI=1S/C18H17F2N3O4/c1-8-12-2-3-23(17(12)22-7-21-8)18-15(26)14(25)16(27-18)13(24)9-4-10(19)6-11(20)5-9/h2-7,13-16,18,24-26H,1H3/t13?,14-,15+,16+,18+/m0/s1. The lowest BCUT2D eigenvalue weighted by Crippen LogP contribution is -2.34. The van der Waals surface area contributed by atoms with Gasteiger partial charge >= 0.3 is 0 Å². The van der Waals surface area contributed by atoms with Crippen molar-refractivity contribution in [3.63, 3.8) is 0 Å². The Morgan fingerprint density at radius 3 is 2.52 bits per heavy atom. The number of hydrogen-bond acceptors (Lipinski definition) is 6. The van der Waals surface area contributed by atoms with Crippen LogP contribution < -0.4 is 0 Å². The van der Waals surface area contributed by atoms with Gasteiger partial charge in [-0.1, -0.05) is 0 Å². The predicted molar refractivity (Wildman–Crippen MR) is 89.5 cm³/mol. The Labute approximate surface area is 152 Å². The summed E-state index contributed by atoms with van der Waals surface area (Å²) in [5.74, 6) is -1.73. The molecule has 0 radical (unpaired) electrons. The zero-order valence-electron chi connectivity index (χ0n) is 14.2. The average Bonchev–Trinajstić information content (AvgIpc) is 3.17. The normalized spacial score (nSPS) is 26.6. The molecular formula is C18H17F2N3O4. The molecule has 0 bridgehead atoms. The number of aromatic nitrogens is 3. The monoisotopic (exact) mass is 377 g/mol. The lowest BCUT2D eigenvalue weighted by molar-refractivity contribution is -0.0849. The highest BCUT2D eigenvalue weighted by atomic mass is 19.1. The number of rotatable bonds is 3. The van der Waals surface area contributed by atoms with Crippen molar-refractivity contribution in [3.8, 4) is 0 Å². The van der Waals surface area contributed by atoms with Crippen LogP contribution in [0, 0.1) is 18.6 Å². The van der Waals surface area contributed by atoms with Crippen LogP contribution in [0.5, 0.6) is 0 Å². The summed E-state index contributed by atoms with van der Waals surface area (Å²) in [5.41, 5.74) is 1.13. The van der Waals surface area contributed by atoms with Gasteiger partial charge in [0.2, 0.25) is 0 Å². The number of hydrogen-bond donors (Lipinski definition) is 3. The number of nitrogens with zero attached hydrogens (tertiary/aromatic N) is 3. The van der Waals surface area contributed by atoms with Crippen LogP contribution in [-0.2, 0) is 4.74 Å². The highest BCUT2D eigenvalue weighted by molar-refractivity contribution is 5.78. The van der Waals surface area contributed by atoms with Gasteiger partial charge in [-0.15, -0.1) is 0 Å². The van der Waals surface area contributed by atoms with E-state index < -0.39 is 42.3 Å². The summed E-state index contributed by atoms with van der Waals surface area (Å²) in [4.78, 5) is 8.27. The number of benzene rings is 1. The van der Waals surface area contributed by atoms with Gasteiger partial charge in [0.25, 0.3) is 0 Å². The number of aliphatic hydroxyl groups is 3. The molecule has 3 aromatic rings. The van der Waals surface area contributed by atoms with Crippen LogP contribution in [0.4, 0.5) is 8.78 Å². The van der Waals surface area contributed by atoms with Crippen LogP contribution in [0.3, 0.4) is 0 Å². The van der Waals surface area contributed by atoms with Crippen LogP contribution in [-0.4, -0.2) is 48.2 Å². The number of aliphatic hydroxyl groups excluding tert-OH is 3. The van der Waals surface area contributed by atoms with Gasteiger partial charge < -0.3 is 24.6 Å². The van der Waals surface area contributed by atoms with Crippen LogP contribution in [0.15, 0.2) is 36.8 Å². The van der Waals surface area contributed by atoms with Crippen molar-refractivity contribution in [3.05, 3.63) is 59.7 Å². The first kappa shape index (κ1) is 17.9. The van der Waals surface area contributed by atoms with Crippen molar-refractivity contribution in [2.24, 2.45) is 0 Å². The highest BCUT2D eigenvalue weighted by Gasteiger charge is 2.47. The van der Waals surface area contributed by atoms with Gasteiger partial charge in [0.15, 0.2) is 6.23 Å². The molecule has 1 saturated heterocycles. The molecule has 1 aromatic carbocycles. The van der Waals surface area contributed by atoms with Gasteiger partial charge in [0, 0.05) is 17.6 Å². The molecule has 0 amide bonds. The van der Waals surface area contributed by atoms with Crippen molar-refractivity contribution in [1.82, 2.24) is 14.5 Å². The Morgan fingerprint density at radius 2 is 1.81 bits per heavy atom. The summed E-state index contributed by atoms with van der Waals surface area (Å²) < 4.78 is 34.1. The van der Waals surface area contributed by atoms with Crippen molar-refractivity contribution in [1.29, 1.82) is 0 Å². The fourth-order valence-corrected chi connectivity index (χ4v) is 3.41. The molecule has 7 nitrogen and oxygen atoms in total. The third-order valence-electron chi connectivity index (χ3n) is 4.80. The number of fused-ring (bicyclic) bond motifs is 1. The van der Waals surface area contributed by atoms with Crippen molar-refractivity contribution in [2.45, 2.75) is 37.6 Å². The average molecular weight is 377 g/mol. The minimum absolute atomic E-state index is 0.0973. The van der Waals surface area contributed by atoms with Crippen LogP contribution in [0.2, 0.25) is 0 Å². The Kier molecular flexibility index (Phi) is 4.39. The van der Waals surface area contributed by atoms with Crippen LogP contribution in [0.25, 0.3) is 11.0 Å². The Hall–Kier alpha value is -2.46. The van der Waals surface area contributed by atoms with Gasteiger partial charge in [0.05, 0.1) is 5.69 Å². The van der Waals surface area contributed by atoms with E-state index >= 15 is 0 Å². The van der Waals surface area contributed by atoms with E-state index in [0.29, 0.717) is 11.7 Å². The molecule has 1 fully saturated rings. The number of halogens is 2. The fraction of sp³-hybridized carbons (Fsp3) is 0.333. The minimum atomic E-state index is -1.54. The van der Waals surface area contributed by atoms with E-state index in [1.165, 1.54) is 10.9 Å². The summed E-state index contributed by atoms with van der Waals surface area (Å²) in [7, 11) is 0. The topological polar surface area (TPSA) is 101 Å². The van der Waals surface area contributed by atoms with Crippen molar-refractivity contribution >= 4 is 11.0 Å². The second-order valence-corrected chi connectivity index (χ2v) is 6.54. The van der Waals surface area contributed by atoms with Gasteiger partial charge in [-0.25, -0.2) is 18.7 Å². The lowest BCUT2D eigenvalue weighted by Gasteiger charge is -2.21. The molecule has 4 rings (SSSR count). The molecule has 0 aliphatic carbocycles. The second kappa shape index (κ2) is 6.61. The van der Waals surface area contributed by atoms with E-state index in [2.05, 4.69) is 9.97 Å². The maximum Gasteiger partial charge on any atom is 0.164 e. The van der Waals surface area contributed by atoms with E-state index in [4.69, 9.17) is 4.74 Å². The molecule has 142 valence electrons. The zero-order valence-corrected chi connectivity index (χ0v) is 14.2. The van der Waals surface area contributed by atoms with Gasteiger partial charge in [-0.2, -0.15) is 0 Å². The molecule has 3 heterocycles. The molecule has 0 saturated carbocycles. The first-order chi connectivity index (χ1) is 12.9. The lowest BCUT2D eigenvalue weighted by atomic mass is 9.99. The second-order valence-electron chi connectivity index (χ2n) is 6.54. The first-order valence-corrected chi connectivity index (χ1v) is 8.30. The van der Waals surface area contributed by atoms with Gasteiger partial charge in [-0.05, 0) is 30.7 Å². The Morgan fingerprint density at radius 1 is 1.11 bits per heavy atom. The van der Waals surface area contributed by atoms with Gasteiger partial charge in [0.1, 0.15) is 48.0 Å². The Bertz CT molecular complexity index is 976. The van der Waals surface area contributed by atoms with Crippen LogP contribution in [0.1, 0.15) is 23.6 Å². The molecule has 0 spiro atoms. The maximum absolute atomic E-state index is 13.4. The molecular weight excluding hydrogens is 360 g/mol. The fourth-order valence-electron chi connectivity index (χ4n) is 3.41. The van der Waals surface area contributed by atoms with E-state index in [1.807, 2.05) is 0 Å². The molecule has 1 aliphatic rings. The van der Waals surface area contributed by atoms with Crippen molar-refractivity contribution < 1.29 is 28.8 Å². The Balaban J connectivity index is 1.67. The minimum Gasteiger partial charge on any atom is -0.387 e. The van der Waals surface area contributed by atoms with Gasteiger partial charge in [-0.3, -0.25) is 0 Å². The molecule has 2 aromatic heterocycles. The molecule has 5 atom stereocenters. The van der Waals surface area contributed by atoms with E-state index in [0.717, 1.165) is 23.2 Å². The SMILES string of the molecule is Cc1ncnc2c1ccn2[C@@H]1O[C@H](C(O)c2cc(F)cc(F)c2)[C@@H](O)[C@H]1O. The quantitative estimate of drug-likeness (QED) is 0.638. The summed E-state index contributed by atoms with van der Waals surface area (Å²) in [6.45, 7) is 1.81. The zero-order chi connectivity index (χ0) is 19.3. The maximum atomic E-state index is 13.4. The molecule has 9 heteroatoms. The third-order valence-corrected chi connectivity index (χ3v) is 4.80. The number of aryl methyl sites for hydroxylation is 1. The summed E-state index contributed by atoms with van der Waals surface area (Å²) in [6.07, 6.45) is -3.72. The summed E-state index contributed by atoms with van der Waals surface area (Å²) in [5, 5.41) is 32.0. The van der Waals surface area contributed by atoms with Crippen molar-refractivity contribution in [2.75, 3.05) is 0 Å².